The quantitative estimate of drug-likeness (QED) is 0.578. The summed E-state index contributed by atoms with van der Waals surface area (Å²) in [5, 5.41) is 4.97. The van der Waals surface area contributed by atoms with Gasteiger partial charge in [-0.1, -0.05) is 6.07 Å². The van der Waals surface area contributed by atoms with Gasteiger partial charge in [-0.2, -0.15) is 0 Å². The van der Waals surface area contributed by atoms with E-state index in [1.165, 1.54) is 38.4 Å². The minimum atomic E-state index is -3.68. The molecule has 1 aliphatic heterocycles. The molecular weight excluding hydrogens is 400 g/mol. The monoisotopic (exact) mass is 426 g/mol. The van der Waals surface area contributed by atoms with E-state index in [-0.39, 0.29) is 22.9 Å². The summed E-state index contributed by atoms with van der Waals surface area (Å²) >= 11 is 0. The highest BCUT2D eigenvalue weighted by Crippen LogP contribution is 2.14. The van der Waals surface area contributed by atoms with Gasteiger partial charge in [0.1, 0.15) is 6.04 Å². The molecule has 1 aromatic rings. The van der Waals surface area contributed by atoms with Gasteiger partial charge in [-0.25, -0.2) is 12.7 Å². The molecule has 1 saturated heterocycles. The van der Waals surface area contributed by atoms with Crippen LogP contribution in [0, 0.1) is 0 Å². The average molecular weight is 426 g/mol. The first-order valence-electron chi connectivity index (χ1n) is 9.09. The normalized spacial score (nSPS) is 15.7. The van der Waals surface area contributed by atoms with Gasteiger partial charge in [0.15, 0.2) is 0 Å². The standard InChI is InChI=1S/C18H26N4O6S/c1-13(18(25)22-7-9-28-10-8-22)20-16(23)12-19-17(24)14-5-4-6-15(11-14)29(26,27)21(2)3/h4-6,11,13H,7-10,12H2,1-3H3,(H,19,24)(H,20,23). The van der Waals surface area contributed by atoms with Crippen LogP contribution in [-0.2, 0) is 24.3 Å². The number of ether oxygens (including phenoxy) is 1. The lowest BCUT2D eigenvalue weighted by Crippen LogP contribution is -2.52. The van der Waals surface area contributed by atoms with E-state index in [1.807, 2.05) is 0 Å². The molecule has 0 aromatic heterocycles. The lowest BCUT2D eigenvalue weighted by atomic mass is 10.2. The molecular formula is C18H26N4O6S. The van der Waals surface area contributed by atoms with Gasteiger partial charge >= 0.3 is 0 Å². The molecule has 0 aliphatic carbocycles. The van der Waals surface area contributed by atoms with Gasteiger partial charge in [-0.15, -0.1) is 0 Å². The van der Waals surface area contributed by atoms with Crippen molar-refractivity contribution in [1.29, 1.82) is 0 Å². The number of morpholine rings is 1. The van der Waals surface area contributed by atoms with Crippen molar-refractivity contribution in [2.45, 2.75) is 17.9 Å². The number of amides is 3. The summed E-state index contributed by atoms with van der Waals surface area (Å²) in [7, 11) is -0.888. The summed E-state index contributed by atoms with van der Waals surface area (Å²) in [6.45, 7) is 3.11. The van der Waals surface area contributed by atoms with Gasteiger partial charge in [0.2, 0.25) is 21.8 Å². The Morgan fingerprint density at radius 1 is 1.21 bits per heavy atom. The summed E-state index contributed by atoms with van der Waals surface area (Å²) in [5.41, 5.74) is 0.109. The maximum absolute atomic E-state index is 12.3. The molecule has 1 unspecified atom stereocenters. The van der Waals surface area contributed by atoms with E-state index < -0.39 is 27.9 Å². The number of hydrogen-bond donors (Lipinski definition) is 2. The minimum Gasteiger partial charge on any atom is -0.378 e. The van der Waals surface area contributed by atoms with Gasteiger partial charge in [-0.05, 0) is 25.1 Å². The number of rotatable bonds is 7. The van der Waals surface area contributed by atoms with Crippen molar-refractivity contribution in [2.24, 2.45) is 0 Å². The Kier molecular flexibility index (Phi) is 7.71. The first-order chi connectivity index (χ1) is 13.6. The van der Waals surface area contributed by atoms with Crippen LogP contribution < -0.4 is 10.6 Å². The molecule has 2 N–H and O–H groups in total. The molecule has 1 aliphatic rings. The Labute approximate surface area is 170 Å². The van der Waals surface area contributed by atoms with Gasteiger partial charge < -0.3 is 20.3 Å². The number of benzene rings is 1. The lowest BCUT2D eigenvalue weighted by molar-refractivity contribution is -0.139. The van der Waals surface area contributed by atoms with Crippen LogP contribution in [0.3, 0.4) is 0 Å². The molecule has 0 bridgehead atoms. The number of nitrogens with one attached hydrogen (secondary N) is 2. The van der Waals surface area contributed by atoms with Crippen LogP contribution in [0.25, 0.3) is 0 Å². The zero-order valence-electron chi connectivity index (χ0n) is 16.7. The topological polar surface area (TPSA) is 125 Å². The third-order valence-corrected chi connectivity index (χ3v) is 6.17. The lowest BCUT2D eigenvalue weighted by Gasteiger charge is -2.29. The van der Waals surface area contributed by atoms with Gasteiger partial charge in [0.05, 0.1) is 24.7 Å². The van der Waals surface area contributed by atoms with Gasteiger partial charge in [0.25, 0.3) is 5.91 Å². The number of hydrogen-bond acceptors (Lipinski definition) is 6. The summed E-state index contributed by atoms with van der Waals surface area (Å²) in [6.07, 6.45) is 0. The van der Waals surface area contributed by atoms with Crippen molar-refractivity contribution in [1.82, 2.24) is 19.8 Å². The van der Waals surface area contributed by atoms with Crippen molar-refractivity contribution < 1.29 is 27.5 Å². The highest BCUT2D eigenvalue weighted by atomic mass is 32.2. The second-order valence-electron chi connectivity index (χ2n) is 6.72. The predicted octanol–water partition coefficient (Wildman–Crippen LogP) is -0.970. The molecule has 1 atom stereocenters. The molecule has 0 saturated carbocycles. The van der Waals surface area contributed by atoms with Gasteiger partial charge in [0, 0.05) is 32.7 Å². The van der Waals surface area contributed by atoms with Crippen LogP contribution in [0.1, 0.15) is 17.3 Å². The fraction of sp³-hybridized carbons (Fsp3) is 0.500. The van der Waals surface area contributed by atoms with Crippen LogP contribution in [0.2, 0.25) is 0 Å². The maximum atomic E-state index is 12.3. The smallest absolute Gasteiger partial charge is 0.251 e. The molecule has 0 radical (unpaired) electrons. The number of sulfonamides is 1. The summed E-state index contributed by atoms with van der Waals surface area (Å²) in [4.78, 5) is 38.2. The van der Waals surface area contributed by atoms with Crippen LogP contribution in [-0.4, -0.2) is 88.3 Å². The highest BCUT2D eigenvalue weighted by Gasteiger charge is 2.24. The Balaban J connectivity index is 1.90. The van der Waals surface area contributed by atoms with Crippen molar-refractivity contribution in [3.8, 4) is 0 Å². The van der Waals surface area contributed by atoms with E-state index in [2.05, 4.69) is 10.6 Å². The van der Waals surface area contributed by atoms with Crippen molar-refractivity contribution in [2.75, 3.05) is 46.9 Å². The van der Waals surface area contributed by atoms with E-state index >= 15 is 0 Å². The molecule has 1 aromatic carbocycles. The Morgan fingerprint density at radius 2 is 1.86 bits per heavy atom. The third-order valence-electron chi connectivity index (χ3n) is 4.35. The van der Waals surface area contributed by atoms with E-state index in [0.29, 0.717) is 26.3 Å². The molecule has 160 valence electrons. The predicted molar refractivity (Wildman–Crippen MR) is 105 cm³/mol. The van der Waals surface area contributed by atoms with Crippen molar-refractivity contribution in [3.63, 3.8) is 0 Å². The number of nitrogens with zero attached hydrogens (tertiary/aromatic N) is 2. The van der Waals surface area contributed by atoms with E-state index in [4.69, 9.17) is 4.74 Å². The van der Waals surface area contributed by atoms with Crippen LogP contribution in [0.5, 0.6) is 0 Å². The zero-order valence-corrected chi connectivity index (χ0v) is 17.5. The molecule has 10 nitrogen and oxygen atoms in total. The van der Waals surface area contributed by atoms with Crippen molar-refractivity contribution in [3.05, 3.63) is 29.8 Å². The van der Waals surface area contributed by atoms with Gasteiger partial charge in [-0.3, -0.25) is 14.4 Å². The third kappa shape index (κ3) is 5.99. The second kappa shape index (κ2) is 9.81. The molecule has 2 rings (SSSR count). The van der Waals surface area contributed by atoms with E-state index in [1.54, 1.807) is 11.8 Å². The molecule has 11 heteroatoms. The zero-order chi connectivity index (χ0) is 21.6. The summed E-state index contributed by atoms with van der Waals surface area (Å²) < 4.78 is 30.6. The Hall–Kier alpha value is -2.50. The average Bonchev–Trinajstić information content (AvgIpc) is 2.72. The Bertz CT molecular complexity index is 865. The summed E-state index contributed by atoms with van der Waals surface area (Å²) in [6, 6.07) is 4.80. The van der Waals surface area contributed by atoms with Crippen LogP contribution in [0.15, 0.2) is 29.2 Å². The minimum absolute atomic E-state index is 0.0238. The summed E-state index contributed by atoms with van der Waals surface area (Å²) in [5.74, 6) is -1.33. The molecule has 1 heterocycles. The van der Waals surface area contributed by atoms with Crippen LogP contribution in [0.4, 0.5) is 0 Å². The first kappa shape index (κ1) is 22.8. The van der Waals surface area contributed by atoms with E-state index in [9.17, 15) is 22.8 Å². The first-order valence-corrected chi connectivity index (χ1v) is 10.5. The van der Waals surface area contributed by atoms with Crippen LogP contribution >= 0.6 is 0 Å². The molecule has 0 spiro atoms. The molecule has 3 amide bonds. The molecule has 29 heavy (non-hydrogen) atoms. The van der Waals surface area contributed by atoms with E-state index in [0.717, 1.165) is 4.31 Å². The highest BCUT2D eigenvalue weighted by molar-refractivity contribution is 7.89. The fourth-order valence-electron chi connectivity index (χ4n) is 2.68. The SMILES string of the molecule is CC(NC(=O)CNC(=O)c1cccc(S(=O)(=O)N(C)C)c1)C(=O)N1CCOCC1. The largest absolute Gasteiger partial charge is 0.378 e. The number of carbonyl (C=O) groups excluding carboxylic acids is 3. The second-order valence-corrected chi connectivity index (χ2v) is 8.88. The van der Waals surface area contributed by atoms with Crippen molar-refractivity contribution >= 4 is 27.7 Å². The maximum Gasteiger partial charge on any atom is 0.251 e. The Morgan fingerprint density at radius 3 is 2.48 bits per heavy atom. The fourth-order valence-corrected chi connectivity index (χ4v) is 3.63. The number of carbonyl (C=O) groups is 3. The molecule has 1 fully saturated rings.